The van der Waals surface area contributed by atoms with Gasteiger partial charge in [-0.25, -0.2) is 0 Å². The van der Waals surface area contributed by atoms with E-state index in [1.807, 2.05) is 0 Å². The minimum atomic E-state index is -0.588. The molecule has 1 aliphatic heterocycles. The van der Waals surface area contributed by atoms with Gasteiger partial charge in [-0.2, -0.15) is 0 Å². The van der Waals surface area contributed by atoms with Crippen molar-refractivity contribution < 1.29 is 24.2 Å². The molecule has 0 atom stereocenters. The van der Waals surface area contributed by atoms with Crippen LogP contribution in [0.25, 0.3) is 6.08 Å². The lowest BCUT2D eigenvalue weighted by molar-refractivity contribution is -0.127. The van der Waals surface area contributed by atoms with Gasteiger partial charge in [-0.3, -0.25) is 19.3 Å². The fourth-order valence-electron chi connectivity index (χ4n) is 2.63. The van der Waals surface area contributed by atoms with Crippen molar-refractivity contribution in [2.45, 2.75) is 6.92 Å². The van der Waals surface area contributed by atoms with Gasteiger partial charge in [0.1, 0.15) is 6.54 Å². The summed E-state index contributed by atoms with van der Waals surface area (Å²) < 4.78 is 6.00. The number of para-hydroxylation sites is 1. The number of nitrogens with zero attached hydrogens (tertiary/aromatic N) is 1. The average Bonchev–Trinajstić information content (AvgIpc) is 2.95. The van der Waals surface area contributed by atoms with Crippen molar-refractivity contribution in [3.8, 4) is 11.5 Å². The zero-order valence-electron chi connectivity index (χ0n) is 15.6. The molecule has 0 bridgehead atoms. The number of carbonyl (C=O) groups excluding carboxylic acids is 3. The average molecular weight is 512 g/mol. The summed E-state index contributed by atoms with van der Waals surface area (Å²) in [5.41, 5.74) is 1.01. The fraction of sp³-hybridized carbons (Fsp3) is 0.150. The number of imide groups is 1. The monoisotopic (exact) mass is 510 g/mol. The van der Waals surface area contributed by atoms with Crippen LogP contribution in [0.1, 0.15) is 12.5 Å². The van der Waals surface area contributed by atoms with Gasteiger partial charge in [0.25, 0.3) is 11.1 Å². The van der Waals surface area contributed by atoms with Crippen LogP contribution in [0, 0.1) is 0 Å². The van der Waals surface area contributed by atoms with Gasteiger partial charge in [-0.05, 0) is 70.5 Å². The number of hydrogen-bond acceptors (Lipinski definition) is 6. The van der Waals surface area contributed by atoms with Crippen LogP contribution in [-0.4, -0.2) is 40.2 Å². The van der Waals surface area contributed by atoms with Gasteiger partial charge in [0.15, 0.2) is 11.5 Å². The molecule has 1 heterocycles. The van der Waals surface area contributed by atoms with Gasteiger partial charge in [0.2, 0.25) is 5.91 Å². The molecule has 3 amide bonds. The largest absolute Gasteiger partial charge is 0.503 e. The molecule has 0 radical (unpaired) electrons. The van der Waals surface area contributed by atoms with E-state index in [0.29, 0.717) is 22.3 Å². The second kappa shape index (κ2) is 9.55. The number of halogens is 2. The number of phenolic OH excluding ortho intramolecular Hbond substituents is 1. The lowest BCUT2D eigenvalue weighted by atomic mass is 10.2. The van der Waals surface area contributed by atoms with E-state index in [0.717, 1.165) is 16.7 Å². The minimum Gasteiger partial charge on any atom is -0.503 e. The number of carbonyl (C=O) groups is 3. The van der Waals surface area contributed by atoms with Crippen LogP contribution in [-0.2, 0) is 9.59 Å². The lowest BCUT2D eigenvalue weighted by Gasteiger charge is -2.13. The van der Waals surface area contributed by atoms with Gasteiger partial charge in [0.05, 0.1) is 22.2 Å². The van der Waals surface area contributed by atoms with Crippen molar-refractivity contribution in [3.05, 3.63) is 56.4 Å². The van der Waals surface area contributed by atoms with E-state index < -0.39 is 23.6 Å². The second-order valence-corrected chi connectivity index (χ2v) is 8.33. The fourth-order valence-corrected chi connectivity index (χ4v) is 4.07. The number of benzene rings is 2. The van der Waals surface area contributed by atoms with Gasteiger partial charge in [0, 0.05) is 4.47 Å². The number of aromatic hydroxyl groups is 1. The first-order chi connectivity index (χ1) is 14.3. The normalized spacial score (nSPS) is 15.0. The van der Waals surface area contributed by atoms with Crippen LogP contribution >= 0.6 is 39.3 Å². The Kier molecular flexibility index (Phi) is 7.06. The smallest absolute Gasteiger partial charge is 0.294 e. The molecule has 0 aliphatic carbocycles. The minimum absolute atomic E-state index is 0.0549. The molecule has 0 aromatic heterocycles. The van der Waals surface area contributed by atoms with Crippen molar-refractivity contribution in [2.75, 3.05) is 18.5 Å². The number of phenols is 1. The number of hydrogen-bond donors (Lipinski definition) is 2. The van der Waals surface area contributed by atoms with Crippen molar-refractivity contribution >= 4 is 68.1 Å². The number of anilines is 1. The first-order valence-corrected chi connectivity index (χ1v) is 10.7. The van der Waals surface area contributed by atoms with Gasteiger partial charge in [-0.15, -0.1) is 0 Å². The summed E-state index contributed by atoms with van der Waals surface area (Å²) in [6.45, 7) is 1.66. The molecule has 0 spiro atoms. The third-order valence-electron chi connectivity index (χ3n) is 3.97. The standard InChI is InChI=1S/C20H16BrClN2O5S/c1-2-29-15-8-11(7-13(22)18(15)26)9-16-19(27)24(20(28)30-16)10-17(25)23-14-6-4-3-5-12(14)21/h3-9,26H,2,10H2,1H3,(H,23,25)/b16-9-. The van der Waals surface area contributed by atoms with Crippen LogP contribution in [0.15, 0.2) is 45.8 Å². The Bertz CT molecular complexity index is 1060. The molecule has 0 unspecified atom stereocenters. The van der Waals surface area contributed by atoms with Crippen molar-refractivity contribution in [1.82, 2.24) is 4.90 Å². The summed E-state index contributed by atoms with van der Waals surface area (Å²) in [4.78, 5) is 38.2. The molecule has 2 aromatic carbocycles. The topological polar surface area (TPSA) is 95.9 Å². The summed E-state index contributed by atoms with van der Waals surface area (Å²) in [7, 11) is 0. The Balaban J connectivity index is 1.76. The Morgan fingerprint density at radius 2 is 2.07 bits per heavy atom. The summed E-state index contributed by atoms with van der Waals surface area (Å²) >= 11 is 10.0. The second-order valence-electron chi connectivity index (χ2n) is 6.08. The molecule has 0 saturated carbocycles. The molecule has 10 heteroatoms. The van der Waals surface area contributed by atoms with E-state index in [1.165, 1.54) is 18.2 Å². The van der Waals surface area contributed by atoms with Gasteiger partial charge < -0.3 is 15.2 Å². The highest BCUT2D eigenvalue weighted by Gasteiger charge is 2.36. The van der Waals surface area contributed by atoms with Crippen LogP contribution in [0.3, 0.4) is 0 Å². The lowest BCUT2D eigenvalue weighted by Crippen LogP contribution is -2.36. The predicted molar refractivity (Wildman–Crippen MR) is 120 cm³/mol. The van der Waals surface area contributed by atoms with E-state index in [4.69, 9.17) is 16.3 Å². The molecule has 1 saturated heterocycles. The van der Waals surface area contributed by atoms with Crippen molar-refractivity contribution in [3.63, 3.8) is 0 Å². The summed E-state index contributed by atoms with van der Waals surface area (Å²) in [6, 6.07) is 9.97. The van der Waals surface area contributed by atoms with Crippen LogP contribution < -0.4 is 10.1 Å². The van der Waals surface area contributed by atoms with Gasteiger partial charge in [-0.1, -0.05) is 23.7 Å². The molecule has 156 valence electrons. The van der Waals surface area contributed by atoms with Gasteiger partial charge >= 0.3 is 0 Å². The third-order valence-corrected chi connectivity index (χ3v) is 5.86. The molecular formula is C20H16BrClN2O5S. The molecule has 2 N–H and O–H groups in total. The third kappa shape index (κ3) is 4.97. The van der Waals surface area contributed by atoms with Crippen LogP contribution in [0.4, 0.5) is 10.5 Å². The molecule has 2 aromatic rings. The van der Waals surface area contributed by atoms with E-state index in [2.05, 4.69) is 21.2 Å². The Morgan fingerprint density at radius 3 is 2.77 bits per heavy atom. The summed E-state index contributed by atoms with van der Waals surface area (Å²) in [5.74, 6) is -1.12. The molecule has 7 nitrogen and oxygen atoms in total. The van der Waals surface area contributed by atoms with E-state index >= 15 is 0 Å². The number of amides is 3. The highest BCUT2D eigenvalue weighted by Crippen LogP contribution is 2.38. The zero-order valence-corrected chi connectivity index (χ0v) is 18.8. The molecular weight excluding hydrogens is 496 g/mol. The molecule has 3 rings (SSSR count). The molecule has 1 fully saturated rings. The summed E-state index contributed by atoms with van der Waals surface area (Å²) in [5, 5.41) is 12.1. The molecule has 1 aliphatic rings. The maximum Gasteiger partial charge on any atom is 0.294 e. The van der Waals surface area contributed by atoms with E-state index in [1.54, 1.807) is 31.2 Å². The molecule has 30 heavy (non-hydrogen) atoms. The highest BCUT2D eigenvalue weighted by atomic mass is 79.9. The van der Waals surface area contributed by atoms with E-state index in [-0.39, 0.29) is 21.4 Å². The number of thioether (sulfide) groups is 1. The van der Waals surface area contributed by atoms with E-state index in [9.17, 15) is 19.5 Å². The zero-order chi connectivity index (χ0) is 21.8. The number of ether oxygens (including phenoxy) is 1. The SMILES string of the molecule is CCOc1cc(/C=C2\SC(=O)N(CC(=O)Nc3ccccc3Br)C2=O)cc(Cl)c1O. The predicted octanol–water partition coefficient (Wildman–Crippen LogP) is 4.88. The van der Waals surface area contributed by atoms with Crippen molar-refractivity contribution in [2.24, 2.45) is 0 Å². The Morgan fingerprint density at radius 1 is 1.33 bits per heavy atom. The first-order valence-electron chi connectivity index (χ1n) is 8.75. The highest BCUT2D eigenvalue weighted by molar-refractivity contribution is 9.10. The van der Waals surface area contributed by atoms with Crippen LogP contribution in [0.2, 0.25) is 5.02 Å². The Hall–Kier alpha value is -2.49. The number of nitrogens with one attached hydrogen (secondary N) is 1. The first kappa shape index (κ1) is 22.2. The summed E-state index contributed by atoms with van der Waals surface area (Å²) in [6.07, 6.45) is 1.46. The maximum absolute atomic E-state index is 12.7. The number of rotatable bonds is 6. The Labute approximate surface area is 190 Å². The van der Waals surface area contributed by atoms with Crippen LogP contribution in [0.5, 0.6) is 11.5 Å². The quantitative estimate of drug-likeness (QED) is 0.537. The maximum atomic E-state index is 12.7. The van der Waals surface area contributed by atoms with Crippen molar-refractivity contribution in [1.29, 1.82) is 0 Å².